The van der Waals surface area contributed by atoms with Gasteiger partial charge >= 0.3 is 5.97 Å². The van der Waals surface area contributed by atoms with Crippen molar-refractivity contribution in [3.63, 3.8) is 0 Å². The van der Waals surface area contributed by atoms with Crippen molar-refractivity contribution in [1.29, 1.82) is 0 Å². The topological polar surface area (TPSA) is 80.0 Å². The fourth-order valence-electron chi connectivity index (χ4n) is 4.03. The predicted molar refractivity (Wildman–Crippen MR) is 90.5 cm³/mol. The van der Waals surface area contributed by atoms with E-state index in [0.717, 1.165) is 35.8 Å². The van der Waals surface area contributed by atoms with Gasteiger partial charge in [-0.05, 0) is 42.5 Å². The summed E-state index contributed by atoms with van der Waals surface area (Å²) in [5, 5.41) is 10.3. The molecule has 1 fully saturated rings. The van der Waals surface area contributed by atoms with Crippen molar-refractivity contribution in [3.05, 3.63) is 35.1 Å². The molecule has 2 aromatic rings. The van der Waals surface area contributed by atoms with Crippen LogP contribution in [0.15, 0.2) is 22.8 Å². The van der Waals surface area contributed by atoms with E-state index in [0.29, 0.717) is 13.0 Å². The number of rotatable bonds is 4. The van der Waals surface area contributed by atoms with E-state index in [9.17, 15) is 14.7 Å². The van der Waals surface area contributed by atoms with Gasteiger partial charge < -0.3 is 19.2 Å². The number of hydrogen-bond acceptors (Lipinski definition) is 4. The molecule has 6 heteroatoms. The smallest absolute Gasteiger partial charge is 0.326 e. The fourth-order valence-corrected chi connectivity index (χ4v) is 4.03. The van der Waals surface area contributed by atoms with Crippen molar-refractivity contribution in [1.82, 2.24) is 4.90 Å². The molecule has 2 unspecified atom stereocenters. The van der Waals surface area contributed by atoms with Crippen molar-refractivity contribution in [2.75, 3.05) is 13.7 Å². The largest absolute Gasteiger partial charge is 0.480 e. The summed E-state index contributed by atoms with van der Waals surface area (Å²) in [4.78, 5) is 25.6. The van der Waals surface area contributed by atoms with E-state index in [-0.39, 0.29) is 18.4 Å². The molecular formula is C19H21NO5. The number of furan rings is 1. The molecule has 1 aliphatic carbocycles. The second-order valence-electron chi connectivity index (χ2n) is 6.90. The lowest BCUT2D eigenvalue weighted by atomic mass is 10.0. The number of aliphatic carboxylic acids is 1. The summed E-state index contributed by atoms with van der Waals surface area (Å²) >= 11 is 0. The molecule has 1 aromatic heterocycles. The highest BCUT2D eigenvalue weighted by Gasteiger charge is 2.39. The average molecular weight is 343 g/mol. The predicted octanol–water partition coefficient (Wildman–Crippen LogP) is 2.16. The number of hydrogen-bond donors (Lipinski definition) is 1. The van der Waals surface area contributed by atoms with E-state index >= 15 is 0 Å². The molecule has 25 heavy (non-hydrogen) atoms. The van der Waals surface area contributed by atoms with Crippen LogP contribution in [0.4, 0.5) is 0 Å². The Balaban J connectivity index is 1.58. The van der Waals surface area contributed by atoms with Gasteiger partial charge in [0.1, 0.15) is 11.6 Å². The van der Waals surface area contributed by atoms with Gasteiger partial charge in [0, 0.05) is 31.0 Å². The van der Waals surface area contributed by atoms with E-state index in [1.54, 1.807) is 13.4 Å². The van der Waals surface area contributed by atoms with Crippen molar-refractivity contribution >= 4 is 22.8 Å². The van der Waals surface area contributed by atoms with Crippen LogP contribution in [0, 0.1) is 0 Å². The van der Waals surface area contributed by atoms with Crippen molar-refractivity contribution in [2.45, 2.75) is 44.2 Å². The lowest BCUT2D eigenvalue weighted by molar-refractivity contribution is -0.147. The Morgan fingerprint density at radius 1 is 1.32 bits per heavy atom. The van der Waals surface area contributed by atoms with Gasteiger partial charge in [0.05, 0.1) is 18.8 Å². The second kappa shape index (κ2) is 6.19. The maximum atomic E-state index is 12.7. The zero-order chi connectivity index (χ0) is 17.6. The zero-order valence-corrected chi connectivity index (χ0v) is 14.2. The first kappa shape index (κ1) is 16.1. The van der Waals surface area contributed by atoms with Crippen LogP contribution in [0.25, 0.3) is 11.0 Å². The van der Waals surface area contributed by atoms with Gasteiger partial charge in [-0.15, -0.1) is 0 Å². The molecule has 0 radical (unpaired) electrons. The number of benzene rings is 1. The van der Waals surface area contributed by atoms with Crippen LogP contribution in [0.5, 0.6) is 0 Å². The average Bonchev–Trinajstić information content (AvgIpc) is 3.30. The first-order valence-corrected chi connectivity index (χ1v) is 8.63. The standard InChI is InChI=1S/C19H21NO5/c1-24-14-8-16(19(22)23)20(9-14)18(21)7-13-10-25-17-6-12-4-2-3-11(12)5-15(13)17/h5-6,10,14,16H,2-4,7-9H2,1H3,(H,22,23). The monoisotopic (exact) mass is 343 g/mol. The van der Waals surface area contributed by atoms with E-state index < -0.39 is 12.0 Å². The lowest BCUT2D eigenvalue weighted by Gasteiger charge is -2.21. The molecule has 1 N–H and O–H groups in total. The number of amides is 1. The number of carboxylic acids is 1. The Morgan fingerprint density at radius 2 is 2.08 bits per heavy atom. The summed E-state index contributed by atoms with van der Waals surface area (Å²) in [6.07, 6.45) is 5.16. The quantitative estimate of drug-likeness (QED) is 0.920. The molecule has 2 heterocycles. The van der Waals surface area contributed by atoms with E-state index in [4.69, 9.17) is 9.15 Å². The third-order valence-electron chi connectivity index (χ3n) is 5.41. The van der Waals surface area contributed by atoms with Gasteiger partial charge in [0.25, 0.3) is 0 Å². The molecule has 4 rings (SSSR count). The van der Waals surface area contributed by atoms with Crippen LogP contribution in [0.2, 0.25) is 0 Å². The Hall–Kier alpha value is -2.34. The molecule has 1 aliphatic heterocycles. The van der Waals surface area contributed by atoms with Crippen LogP contribution < -0.4 is 0 Å². The SMILES string of the molecule is COC1CC(C(=O)O)N(C(=O)Cc2coc3cc4c(cc23)CCC4)C1. The number of aryl methyl sites for hydroxylation is 2. The minimum absolute atomic E-state index is 0.145. The van der Waals surface area contributed by atoms with E-state index in [1.165, 1.54) is 16.0 Å². The number of carbonyl (C=O) groups excluding carboxylic acids is 1. The highest BCUT2D eigenvalue weighted by atomic mass is 16.5. The highest BCUT2D eigenvalue weighted by Crippen LogP contribution is 2.31. The fraction of sp³-hybridized carbons (Fsp3) is 0.474. The van der Waals surface area contributed by atoms with E-state index in [1.807, 2.05) is 0 Å². The molecule has 2 aliphatic rings. The number of nitrogens with zero attached hydrogens (tertiary/aromatic N) is 1. The zero-order valence-electron chi connectivity index (χ0n) is 14.2. The number of carbonyl (C=O) groups is 2. The second-order valence-corrected chi connectivity index (χ2v) is 6.90. The number of likely N-dealkylation sites (tertiary alicyclic amines) is 1. The molecular weight excluding hydrogens is 322 g/mol. The summed E-state index contributed by atoms with van der Waals surface area (Å²) in [5.41, 5.74) is 4.27. The molecule has 1 amide bonds. The number of ether oxygens (including phenoxy) is 1. The van der Waals surface area contributed by atoms with Gasteiger partial charge in [0.15, 0.2) is 0 Å². The molecule has 2 atom stereocenters. The third kappa shape index (κ3) is 2.80. The third-order valence-corrected chi connectivity index (χ3v) is 5.41. The van der Waals surface area contributed by atoms with Crippen LogP contribution in [0.3, 0.4) is 0 Å². The summed E-state index contributed by atoms with van der Waals surface area (Å²) in [6, 6.07) is 3.38. The molecule has 0 spiro atoms. The molecule has 0 bridgehead atoms. The Kier molecular flexibility index (Phi) is 4.00. The normalized spacial score (nSPS) is 22.5. The number of fused-ring (bicyclic) bond motifs is 2. The first-order chi connectivity index (χ1) is 12.1. The van der Waals surface area contributed by atoms with Gasteiger partial charge in [0.2, 0.25) is 5.91 Å². The lowest BCUT2D eigenvalue weighted by Crippen LogP contribution is -2.41. The van der Waals surface area contributed by atoms with Gasteiger partial charge in [-0.3, -0.25) is 4.79 Å². The molecule has 0 saturated carbocycles. The Labute approximate surface area is 145 Å². The van der Waals surface area contributed by atoms with Gasteiger partial charge in [-0.1, -0.05) is 0 Å². The van der Waals surface area contributed by atoms with Gasteiger partial charge in [-0.2, -0.15) is 0 Å². The summed E-state index contributed by atoms with van der Waals surface area (Å²) in [7, 11) is 1.54. The summed E-state index contributed by atoms with van der Waals surface area (Å²) in [6.45, 7) is 0.317. The molecule has 1 saturated heterocycles. The molecule has 132 valence electrons. The highest BCUT2D eigenvalue weighted by molar-refractivity contribution is 5.90. The number of methoxy groups -OCH3 is 1. The van der Waals surface area contributed by atoms with E-state index in [2.05, 4.69) is 12.1 Å². The Bertz CT molecular complexity index is 840. The Morgan fingerprint density at radius 3 is 2.80 bits per heavy atom. The van der Waals surface area contributed by atoms with Crippen molar-refractivity contribution in [3.8, 4) is 0 Å². The van der Waals surface area contributed by atoms with Gasteiger partial charge in [-0.25, -0.2) is 4.79 Å². The van der Waals surface area contributed by atoms with Crippen LogP contribution >= 0.6 is 0 Å². The minimum Gasteiger partial charge on any atom is -0.480 e. The molecule has 6 nitrogen and oxygen atoms in total. The summed E-state index contributed by atoms with van der Waals surface area (Å²) in [5.74, 6) is -1.18. The minimum atomic E-state index is -0.984. The van der Waals surface area contributed by atoms with Crippen molar-refractivity contribution in [2.24, 2.45) is 0 Å². The summed E-state index contributed by atoms with van der Waals surface area (Å²) < 4.78 is 10.9. The van der Waals surface area contributed by atoms with Crippen molar-refractivity contribution < 1.29 is 23.8 Å². The van der Waals surface area contributed by atoms with Crippen LogP contribution in [-0.2, 0) is 33.6 Å². The maximum absolute atomic E-state index is 12.7. The number of carboxylic acid groups (broad SMARTS) is 1. The molecule has 1 aromatic carbocycles. The first-order valence-electron chi connectivity index (χ1n) is 8.63. The maximum Gasteiger partial charge on any atom is 0.326 e. The van der Waals surface area contributed by atoms with Crippen LogP contribution in [0.1, 0.15) is 29.5 Å². The van der Waals surface area contributed by atoms with Crippen LogP contribution in [-0.4, -0.2) is 47.7 Å².